The van der Waals surface area contributed by atoms with Gasteiger partial charge in [0.1, 0.15) is 5.75 Å². The third-order valence-corrected chi connectivity index (χ3v) is 4.34. The number of nitriles is 1. The molecule has 0 aromatic heterocycles. The summed E-state index contributed by atoms with van der Waals surface area (Å²) in [7, 11) is 0. The number of piperidine rings is 1. The fourth-order valence-corrected chi connectivity index (χ4v) is 2.80. The van der Waals surface area contributed by atoms with E-state index < -0.39 is 0 Å². The van der Waals surface area contributed by atoms with Crippen LogP contribution in [0.15, 0.2) is 48.5 Å². The first-order valence-electron chi connectivity index (χ1n) is 8.45. The van der Waals surface area contributed by atoms with Gasteiger partial charge in [0.15, 0.2) is 5.75 Å². The minimum Gasteiger partial charge on any atom is -0.455 e. The maximum Gasteiger partial charge on any atom is 0.321 e. The second kappa shape index (κ2) is 7.71. The van der Waals surface area contributed by atoms with Crippen LogP contribution in [0.25, 0.3) is 0 Å². The lowest BCUT2D eigenvalue weighted by atomic mass is 9.99. The molecule has 0 unspecified atom stereocenters. The van der Waals surface area contributed by atoms with Gasteiger partial charge in [-0.15, -0.1) is 0 Å². The van der Waals surface area contributed by atoms with Crippen LogP contribution in [0.3, 0.4) is 0 Å². The zero-order chi connectivity index (χ0) is 17.6. The number of rotatable bonds is 3. The van der Waals surface area contributed by atoms with E-state index in [-0.39, 0.29) is 11.9 Å². The van der Waals surface area contributed by atoms with Crippen LogP contribution in [-0.4, -0.2) is 24.0 Å². The molecule has 2 aromatic rings. The van der Waals surface area contributed by atoms with E-state index in [2.05, 4.69) is 11.4 Å². The monoisotopic (exact) mass is 335 g/mol. The standard InChI is InChI=1S/C20H21N3O2/c1-15-6-8-17(9-7-15)25-19-5-3-2-4-18(19)22-20(24)23-12-10-16(14-21)11-13-23/h2-9,16H,10-13H2,1H3,(H,22,24). The number of likely N-dealkylation sites (tertiary alicyclic amines) is 1. The van der Waals surface area contributed by atoms with E-state index in [1.807, 2.05) is 55.5 Å². The smallest absolute Gasteiger partial charge is 0.321 e. The van der Waals surface area contributed by atoms with E-state index in [9.17, 15) is 4.79 Å². The number of benzene rings is 2. The molecule has 2 aromatic carbocycles. The van der Waals surface area contributed by atoms with Crippen LogP contribution in [0.1, 0.15) is 18.4 Å². The third-order valence-electron chi connectivity index (χ3n) is 4.34. The lowest BCUT2D eigenvalue weighted by Crippen LogP contribution is -2.40. The molecule has 25 heavy (non-hydrogen) atoms. The van der Waals surface area contributed by atoms with Crippen LogP contribution in [0.2, 0.25) is 0 Å². The number of ether oxygens (including phenoxy) is 1. The Morgan fingerprint density at radius 3 is 2.52 bits per heavy atom. The van der Waals surface area contributed by atoms with Gasteiger partial charge in [0.2, 0.25) is 0 Å². The largest absolute Gasteiger partial charge is 0.455 e. The number of hydrogen-bond donors (Lipinski definition) is 1. The van der Waals surface area contributed by atoms with Crippen LogP contribution < -0.4 is 10.1 Å². The quantitative estimate of drug-likeness (QED) is 0.894. The summed E-state index contributed by atoms with van der Waals surface area (Å²) in [5.41, 5.74) is 1.80. The van der Waals surface area contributed by atoms with Crippen molar-refractivity contribution in [3.05, 3.63) is 54.1 Å². The average molecular weight is 335 g/mol. The fourth-order valence-electron chi connectivity index (χ4n) is 2.80. The predicted molar refractivity (Wildman–Crippen MR) is 96.6 cm³/mol. The molecule has 3 rings (SSSR count). The van der Waals surface area contributed by atoms with E-state index in [1.165, 1.54) is 0 Å². The highest BCUT2D eigenvalue weighted by Gasteiger charge is 2.23. The Labute approximate surface area is 147 Å². The molecular weight excluding hydrogens is 314 g/mol. The fraction of sp³-hybridized carbons (Fsp3) is 0.300. The van der Waals surface area contributed by atoms with Gasteiger partial charge >= 0.3 is 6.03 Å². The maximum atomic E-state index is 12.5. The lowest BCUT2D eigenvalue weighted by molar-refractivity contribution is 0.192. The number of nitrogens with one attached hydrogen (secondary N) is 1. The summed E-state index contributed by atoms with van der Waals surface area (Å²) < 4.78 is 5.91. The normalized spacial score (nSPS) is 14.6. The van der Waals surface area contributed by atoms with Crippen LogP contribution in [0.4, 0.5) is 10.5 Å². The molecule has 1 saturated heterocycles. The van der Waals surface area contributed by atoms with Crippen molar-refractivity contribution in [3.63, 3.8) is 0 Å². The van der Waals surface area contributed by atoms with Gasteiger partial charge in [-0.1, -0.05) is 29.8 Å². The summed E-state index contributed by atoms with van der Waals surface area (Å²) in [5, 5.41) is 11.9. The Hall–Kier alpha value is -3.00. The molecule has 1 aliphatic heterocycles. The molecule has 5 heteroatoms. The SMILES string of the molecule is Cc1ccc(Oc2ccccc2NC(=O)N2CCC(C#N)CC2)cc1. The highest BCUT2D eigenvalue weighted by Crippen LogP contribution is 2.30. The average Bonchev–Trinajstić information content (AvgIpc) is 2.65. The summed E-state index contributed by atoms with van der Waals surface area (Å²) in [6.07, 6.45) is 1.46. The van der Waals surface area contributed by atoms with Gasteiger partial charge in [0, 0.05) is 19.0 Å². The molecule has 5 nitrogen and oxygen atoms in total. The number of carbonyl (C=O) groups excluding carboxylic acids is 1. The summed E-state index contributed by atoms with van der Waals surface area (Å²) in [5.74, 6) is 1.38. The first-order valence-corrected chi connectivity index (χ1v) is 8.45. The summed E-state index contributed by atoms with van der Waals surface area (Å²) in [4.78, 5) is 14.2. The Kier molecular flexibility index (Phi) is 5.20. The van der Waals surface area contributed by atoms with Crippen molar-refractivity contribution in [3.8, 4) is 17.6 Å². The van der Waals surface area contributed by atoms with Gasteiger partial charge < -0.3 is 15.0 Å². The van der Waals surface area contributed by atoms with Gasteiger partial charge in [0.05, 0.1) is 11.8 Å². The Bertz CT molecular complexity index is 772. The van der Waals surface area contributed by atoms with Gasteiger partial charge in [-0.3, -0.25) is 0 Å². The summed E-state index contributed by atoms with van der Waals surface area (Å²) in [6.45, 7) is 3.23. The van der Waals surface area contributed by atoms with Gasteiger partial charge in [-0.2, -0.15) is 5.26 Å². The topological polar surface area (TPSA) is 65.4 Å². The maximum absolute atomic E-state index is 12.5. The number of anilines is 1. The number of aryl methyl sites for hydroxylation is 1. The van der Waals surface area contributed by atoms with Crippen molar-refractivity contribution in [2.24, 2.45) is 5.92 Å². The number of hydrogen-bond acceptors (Lipinski definition) is 3. The van der Waals surface area contributed by atoms with E-state index in [4.69, 9.17) is 10.00 Å². The summed E-state index contributed by atoms with van der Waals surface area (Å²) >= 11 is 0. The molecule has 1 heterocycles. The van der Waals surface area contributed by atoms with E-state index in [0.29, 0.717) is 24.5 Å². The first kappa shape index (κ1) is 16.8. The number of carbonyl (C=O) groups is 1. The van der Waals surface area contributed by atoms with E-state index in [1.54, 1.807) is 4.90 Å². The van der Waals surface area contributed by atoms with Crippen molar-refractivity contribution in [2.75, 3.05) is 18.4 Å². The Morgan fingerprint density at radius 1 is 1.16 bits per heavy atom. The van der Waals surface area contributed by atoms with Crippen LogP contribution in [0.5, 0.6) is 11.5 Å². The molecule has 0 bridgehead atoms. The molecule has 0 aliphatic carbocycles. The molecule has 128 valence electrons. The van der Waals surface area contributed by atoms with Crippen molar-refractivity contribution in [1.82, 2.24) is 4.90 Å². The minimum atomic E-state index is -0.156. The van der Waals surface area contributed by atoms with Crippen molar-refractivity contribution in [2.45, 2.75) is 19.8 Å². The lowest BCUT2D eigenvalue weighted by Gasteiger charge is -2.29. The van der Waals surface area contributed by atoms with E-state index in [0.717, 1.165) is 24.2 Å². The molecule has 0 saturated carbocycles. The molecule has 1 aliphatic rings. The van der Waals surface area contributed by atoms with Crippen LogP contribution >= 0.6 is 0 Å². The second-order valence-corrected chi connectivity index (χ2v) is 6.23. The molecule has 1 N–H and O–H groups in total. The van der Waals surface area contributed by atoms with Crippen molar-refractivity contribution >= 4 is 11.7 Å². The highest BCUT2D eigenvalue weighted by molar-refractivity contribution is 5.91. The zero-order valence-corrected chi connectivity index (χ0v) is 14.2. The number of urea groups is 1. The van der Waals surface area contributed by atoms with E-state index >= 15 is 0 Å². The molecule has 0 spiro atoms. The molecule has 0 atom stereocenters. The summed E-state index contributed by atoms with van der Waals surface area (Å²) in [6, 6.07) is 17.3. The highest BCUT2D eigenvalue weighted by atomic mass is 16.5. The number of nitrogens with zero attached hydrogens (tertiary/aromatic N) is 2. The number of para-hydroxylation sites is 2. The Balaban J connectivity index is 1.67. The molecule has 0 radical (unpaired) electrons. The Morgan fingerprint density at radius 2 is 1.84 bits per heavy atom. The second-order valence-electron chi connectivity index (χ2n) is 6.23. The molecule has 1 fully saturated rings. The molecule has 2 amide bonds. The van der Waals surface area contributed by atoms with Crippen molar-refractivity contribution in [1.29, 1.82) is 5.26 Å². The third kappa shape index (κ3) is 4.30. The van der Waals surface area contributed by atoms with Gasteiger partial charge in [-0.05, 0) is 44.0 Å². The first-order chi connectivity index (χ1) is 12.2. The van der Waals surface area contributed by atoms with Crippen LogP contribution in [0, 0.1) is 24.2 Å². The minimum absolute atomic E-state index is 0.0567. The number of amides is 2. The predicted octanol–water partition coefficient (Wildman–Crippen LogP) is 4.55. The van der Waals surface area contributed by atoms with Gasteiger partial charge in [-0.25, -0.2) is 4.79 Å². The van der Waals surface area contributed by atoms with Gasteiger partial charge in [0.25, 0.3) is 0 Å². The zero-order valence-electron chi connectivity index (χ0n) is 14.2. The van der Waals surface area contributed by atoms with Crippen LogP contribution in [-0.2, 0) is 0 Å². The molecular formula is C20H21N3O2. The van der Waals surface area contributed by atoms with Crippen molar-refractivity contribution < 1.29 is 9.53 Å².